The number of benzene rings is 2. The number of nitrogens with one attached hydrogen (secondary N) is 1. The minimum atomic E-state index is -0.408. The highest BCUT2D eigenvalue weighted by atomic mass is 32.2. The van der Waals surface area contributed by atoms with Gasteiger partial charge in [0.2, 0.25) is 5.91 Å². The van der Waals surface area contributed by atoms with Gasteiger partial charge in [-0.15, -0.1) is 10.2 Å². The molecule has 3 rings (SSSR count). The summed E-state index contributed by atoms with van der Waals surface area (Å²) < 4.78 is 15.1. The largest absolute Gasteiger partial charge is 0.325 e. The molecule has 5 nitrogen and oxygen atoms in total. The van der Waals surface area contributed by atoms with Crippen molar-refractivity contribution in [1.82, 2.24) is 14.8 Å². The molecule has 1 amide bonds. The number of hydrogen-bond acceptors (Lipinski definition) is 4. The van der Waals surface area contributed by atoms with Crippen molar-refractivity contribution in [3.05, 3.63) is 60.4 Å². The molecule has 1 atom stereocenters. The number of carbonyl (C=O) groups excluding carboxylic acids is 1. The van der Waals surface area contributed by atoms with Gasteiger partial charge in [-0.1, -0.05) is 48.2 Å². The minimum Gasteiger partial charge on any atom is -0.325 e. The van der Waals surface area contributed by atoms with E-state index in [9.17, 15) is 9.18 Å². The van der Waals surface area contributed by atoms with Crippen molar-refractivity contribution >= 4 is 23.4 Å². The van der Waals surface area contributed by atoms with Crippen molar-refractivity contribution in [3.63, 3.8) is 0 Å². The van der Waals surface area contributed by atoms with Gasteiger partial charge in [0.25, 0.3) is 0 Å². The van der Waals surface area contributed by atoms with Crippen LogP contribution < -0.4 is 5.32 Å². The van der Waals surface area contributed by atoms with Crippen LogP contribution in [0.3, 0.4) is 0 Å². The SMILES string of the molecule is CC(Sc1nnc(-c2ccccc2)n1C)C(=O)Nc1cccc(F)c1. The maximum atomic E-state index is 13.2. The van der Waals surface area contributed by atoms with Crippen LogP contribution in [0.15, 0.2) is 59.8 Å². The fourth-order valence-corrected chi connectivity index (χ4v) is 3.09. The van der Waals surface area contributed by atoms with Crippen LogP contribution in [0.25, 0.3) is 11.4 Å². The molecule has 1 heterocycles. The second kappa shape index (κ2) is 7.48. The number of carbonyl (C=O) groups is 1. The third kappa shape index (κ3) is 4.06. The quantitative estimate of drug-likeness (QED) is 0.708. The zero-order valence-electron chi connectivity index (χ0n) is 13.8. The number of amides is 1. The Hall–Kier alpha value is -2.67. The molecule has 7 heteroatoms. The number of anilines is 1. The van der Waals surface area contributed by atoms with Crippen LogP contribution in [-0.4, -0.2) is 25.9 Å². The first kappa shape index (κ1) is 17.2. The summed E-state index contributed by atoms with van der Waals surface area (Å²) in [5, 5.41) is 11.3. The zero-order valence-corrected chi connectivity index (χ0v) is 14.6. The summed E-state index contributed by atoms with van der Waals surface area (Å²) in [4.78, 5) is 12.3. The Kier molecular flexibility index (Phi) is 5.14. The summed E-state index contributed by atoms with van der Waals surface area (Å²) in [6.45, 7) is 1.77. The van der Waals surface area contributed by atoms with Crippen LogP contribution in [0.1, 0.15) is 6.92 Å². The fraction of sp³-hybridized carbons (Fsp3) is 0.167. The molecule has 3 aromatic rings. The van der Waals surface area contributed by atoms with E-state index in [0.717, 1.165) is 11.4 Å². The lowest BCUT2D eigenvalue weighted by atomic mass is 10.2. The smallest absolute Gasteiger partial charge is 0.237 e. The van der Waals surface area contributed by atoms with E-state index in [1.165, 1.54) is 23.9 Å². The van der Waals surface area contributed by atoms with Crippen molar-refractivity contribution in [2.45, 2.75) is 17.3 Å². The summed E-state index contributed by atoms with van der Waals surface area (Å²) >= 11 is 1.30. The second-order valence-corrected chi connectivity index (χ2v) is 6.80. The van der Waals surface area contributed by atoms with E-state index in [2.05, 4.69) is 15.5 Å². The monoisotopic (exact) mass is 356 g/mol. The van der Waals surface area contributed by atoms with Crippen LogP contribution in [0.5, 0.6) is 0 Å². The van der Waals surface area contributed by atoms with E-state index in [4.69, 9.17) is 0 Å². The lowest BCUT2D eigenvalue weighted by Crippen LogP contribution is -2.22. The molecule has 0 saturated heterocycles. The van der Waals surface area contributed by atoms with Crippen LogP contribution in [0.4, 0.5) is 10.1 Å². The molecule has 0 aliphatic carbocycles. The van der Waals surface area contributed by atoms with E-state index < -0.39 is 5.25 Å². The van der Waals surface area contributed by atoms with E-state index in [0.29, 0.717) is 10.8 Å². The Morgan fingerprint density at radius 2 is 1.92 bits per heavy atom. The minimum absolute atomic E-state index is 0.222. The van der Waals surface area contributed by atoms with Crippen LogP contribution in [0, 0.1) is 5.82 Å². The Morgan fingerprint density at radius 1 is 1.16 bits per heavy atom. The predicted octanol–water partition coefficient (Wildman–Crippen LogP) is 3.74. The number of hydrogen-bond donors (Lipinski definition) is 1. The number of thioether (sulfide) groups is 1. The Bertz CT molecular complexity index is 882. The summed E-state index contributed by atoms with van der Waals surface area (Å²) in [5.41, 5.74) is 1.39. The molecule has 0 aliphatic heterocycles. The topological polar surface area (TPSA) is 59.8 Å². The molecule has 128 valence electrons. The van der Waals surface area contributed by atoms with Gasteiger partial charge in [0, 0.05) is 18.3 Å². The van der Waals surface area contributed by atoms with E-state index >= 15 is 0 Å². The van der Waals surface area contributed by atoms with Crippen molar-refractivity contribution < 1.29 is 9.18 Å². The molecule has 0 radical (unpaired) electrons. The second-order valence-electron chi connectivity index (χ2n) is 5.49. The third-order valence-electron chi connectivity index (χ3n) is 3.61. The molecule has 0 spiro atoms. The van der Waals surface area contributed by atoms with Gasteiger partial charge in [-0.25, -0.2) is 4.39 Å². The Labute approximate surface area is 149 Å². The standard InChI is InChI=1S/C18H17FN4OS/c1-12(17(24)20-15-10-6-9-14(19)11-15)25-18-22-21-16(23(18)2)13-7-4-3-5-8-13/h3-12H,1-2H3,(H,20,24). The van der Waals surface area contributed by atoms with Gasteiger partial charge in [-0.2, -0.15) is 0 Å². The maximum Gasteiger partial charge on any atom is 0.237 e. The van der Waals surface area contributed by atoms with Gasteiger partial charge in [0.15, 0.2) is 11.0 Å². The average Bonchev–Trinajstić information content (AvgIpc) is 2.96. The zero-order chi connectivity index (χ0) is 17.8. The summed E-state index contributed by atoms with van der Waals surface area (Å²) in [6, 6.07) is 15.5. The summed E-state index contributed by atoms with van der Waals surface area (Å²) in [7, 11) is 1.86. The average molecular weight is 356 g/mol. The van der Waals surface area contributed by atoms with Gasteiger partial charge >= 0.3 is 0 Å². The van der Waals surface area contributed by atoms with Gasteiger partial charge < -0.3 is 9.88 Å². The molecule has 1 N–H and O–H groups in total. The number of nitrogens with zero attached hydrogens (tertiary/aromatic N) is 3. The molecular weight excluding hydrogens is 339 g/mol. The van der Waals surface area contributed by atoms with Crippen LogP contribution >= 0.6 is 11.8 Å². The Morgan fingerprint density at radius 3 is 2.64 bits per heavy atom. The van der Waals surface area contributed by atoms with Crippen LogP contribution in [-0.2, 0) is 11.8 Å². The normalized spacial score (nSPS) is 12.0. The third-order valence-corrected chi connectivity index (χ3v) is 4.74. The van der Waals surface area contributed by atoms with Crippen LogP contribution in [0.2, 0.25) is 0 Å². The molecule has 0 aliphatic rings. The van der Waals surface area contributed by atoms with E-state index in [-0.39, 0.29) is 11.7 Å². The molecule has 2 aromatic carbocycles. The van der Waals surface area contributed by atoms with Gasteiger partial charge in [-0.3, -0.25) is 4.79 Å². The maximum absolute atomic E-state index is 13.2. The first-order chi connectivity index (χ1) is 12.0. The summed E-state index contributed by atoms with van der Waals surface area (Å²) in [6.07, 6.45) is 0. The van der Waals surface area contributed by atoms with Gasteiger partial charge in [-0.05, 0) is 25.1 Å². The fourth-order valence-electron chi connectivity index (χ4n) is 2.28. The highest BCUT2D eigenvalue weighted by molar-refractivity contribution is 8.00. The molecule has 0 fully saturated rings. The van der Waals surface area contributed by atoms with Gasteiger partial charge in [0.05, 0.1) is 5.25 Å². The molecule has 1 aromatic heterocycles. The number of halogens is 1. The molecule has 0 bridgehead atoms. The van der Waals surface area contributed by atoms with Crippen molar-refractivity contribution in [2.75, 3.05) is 5.32 Å². The molecule has 0 saturated carbocycles. The van der Waals surface area contributed by atoms with Crippen molar-refractivity contribution in [1.29, 1.82) is 0 Å². The van der Waals surface area contributed by atoms with E-state index in [1.807, 2.05) is 41.9 Å². The first-order valence-corrected chi connectivity index (χ1v) is 8.60. The number of aromatic nitrogens is 3. The predicted molar refractivity (Wildman–Crippen MR) is 96.8 cm³/mol. The van der Waals surface area contributed by atoms with Gasteiger partial charge in [0.1, 0.15) is 5.82 Å². The number of rotatable bonds is 5. The van der Waals surface area contributed by atoms with E-state index in [1.54, 1.807) is 19.1 Å². The van der Waals surface area contributed by atoms with Crippen molar-refractivity contribution in [2.24, 2.45) is 7.05 Å². The molecule has 25 heavy (non-hydrogen) atoms. The lowest BCUT2D eigenvalue weighted by molar-refractivity contribution is -0.115. The Balaban J connectivity index is 1.70. The highest BCUT2D eigenvalue weighted by Gasteiger charge is 2.19. The lowest BCUT2D eigenvalue weighted by Gasteiger charge is -2.11. The molecular formula is C18H17FN4OS. The first-order valence-electron chi connectivity index (χ1n) is 7.72. The molecule has 1 unspecified atom stereocenters. The highest BCUT2D eigenvalue weighted by Crippen LogP contribution is 2.26. The van der Waals surface area contributed by atoms with Crippen molar-refractivity contribution in [3.8, 4) is 11.4 Å². The summed E-state index contributed by atoms with van der Waals surface area (Å²) in [5.74, 6) is 0.125.